The number of nitrogens with one attached hydrogen (secondary N) is 1. The predicted octanol–water partition coefficient (Wildman–Crippen LogP) is 1.34. The first kappa shape index (κ1) is 22.4. The maximum Gasteiger partial charge on any atom is 0.410 e. The number of hydrogen-bond acceptors (Lipinski definition) is 5. The third-order valence-corrected chi connectivity index (χ3v) is 5.63. The minimum Gasteiger partial charge on any atom is -0.444 e. The summed E-state index contributed by atoms with van der Waals surface area (Å²) < 4.78 is 7.34. The fraction of sp³-hybridized carbons (Fsp3) is 0.762. The molecule has 2 fully saturated rings. The number of rotatable bonds is 4. The van der Waals surface area contributed by atoms with Gasteiger partial charge in [-0.05, 0) is 32.8 Å². The van der Waals surface area contributed by atoms with Gasteiger partial charge in [-0.1, -0.05) is 0 Å². The minimum atomic E-state index is -0.445. The van der Waals surface area contributed by atoms with Crippen LogP contribution in [-0.2, 0) is 11.8 Å². The molecule has 0 saturated carbocycles. The molecule has 3 heterocycles. The van der Waals surface area contributed by atoms with Gasteiger partial charge in [-0.3, -0.25) is 14.6 Å². The molecular formula is C21H37N7O2. The van der Waals surface area contributed by atoms with Crippen LogP contribution in [0.2, 0.25) is 0 Å². The molecule has 2 aliphatic rings. The van der Waals surface area contributed by atoms with Crippen molar-refractivity contribution in [3.8, 4) is 0 Å². The molecule has 2 saturated heterocycles. The lowest BCUT2D eigenvalue weighted by molar-refractivity contribution is 0.0147. The van der Waals surface area contributed by atoms with E-state index in [4.69, 9.17) is 4.74 Å². The Kier molecular flexibility index (Phi) is 7.23. The summed E-state index contributed by atoms with van der Waals surface area (Å²) in [5.74, 6) is 1.48. The Hall–Kier alpha value is -2.29. The second-order valence-electron chi connectivity index (χ2n) is 9.16. The second kappa shape index (κ2) is 9.68. The molecule has 1 aromatic heterocycles. The Morgan fingerprint density at radius 1 is 1.23 bits per heavy atom. The molecule has 1 atom stereocenters. The summed E-state index contributed by atoms with van der Waals surface area (Å²) in [6.07, 6.45) is 5.00. The summed E-state index contributed by atoms with van der Waals surface area (Å²) in [6, 6.07) is 0. The van der Waals surface area contributed by atoms with Crippen molar-refractivity contribution in [2.24, 2.45) is 12.0 Å². The van der Waals surface area contributed by atoms with Crippen molar-refractivity contribution >= 4 is 12.1 Å². The molecule has 1 aromatic rings. The summed E-state index contributed by atoms with van der Waals surface area (Å²) in [5.41, 5.74) is 0.859. The fourth-order valence-corrected chi connectivity index (χ4v) is 4.01. The normalized spacial score (nSPS) is 21.2. The molecule has 0 aliphatic carbocycles. The highest BCUT2D eigenvalue weighted by atomic mass is 16.6. The summed E-state index contributed by atoms with van der Waals surface area (Å²) in [7, 11) is 3.81. The van der Waals surface area contributed by atoms with Crippen LogP contribution in [0.4, 0.5) is 4.79 Å². The van der Waals surface area contributed by atoms with Crippen LogP contribution in [-0.4, -0.2) is 102 Å². The summed E-state index contributed by atoms with van der Waals surface area (Å²) in [5, 5.41) is 7.81. The molecule has 1 unspecified atom stereocenters. The van der Waals surface area contributed by atoms with Crippen LogP contribution in [0.25, 0.3) is 0 Å². The van der Waals surface area contributed by atoms with Gasteiger partial charge in [0.2, 0.25) is 0 Å². The largest absolute Gasteiger partial charge is 0.444 e. The molecule has 0 aromatic carbocycles. The first-order chi connectivity index (χ1) is 14.2. The number of hydrogen-bond donors (Lipinski definition) is 1. The topological polar surface area (TPSA) is 78.2 Å². The number of likely N-dealkylation sites (tertiary alicyclic amines) is 1. The smallest absolute Gasteiger partial charge is 0.410 e. The Balaban J connectivity index is 1.37. The van der Waals surface area contributed by atoms with Crippen molar-refractivity contribution in [1.29, 1.82) is 0 Å². The van der Waals surface area contributed by atoms with Crippen molar-refractivity contribution in [2.75, 3.05) is 59.4 Å². The molecule has 9 heteroatoms. The number of carbonyl (C=O) groups excluding carboxylic acids is 1. The zero-order chi connectivity index (χ0) is 21.7. The van der Waals surface area contributed by atoms with Gasteiger partial charge in [-0.2, -0.15) is 5.10 Å². The lowest BCUT2D eigenvalue weighted by Crippen LogP contribution is -2.51. The van der Waals surface area contributed by atoms with E-state index in [1.165, 1.54) is 5.56 Å². The maximum absolute atomic E-state index is 12.2. The van der Waals surface area contributed by atoms with E-state index in [0.717, 1.165) is 51.6 Å². The molecule has 0 radical (unpaired) electrons. The number of carbonyl (C=O) groups is 1. The summed E-state index contributed by atoms with van der Waals surface area (Å²) in [4.78, 5) is 23.2. The van der Waals surface area contributed by atoms with Crippen molar-refractivity contribution < 1.29 is 9.53 Å². The minimum absolute atomic E-state index is 0.210. The molecular weight excluding hydrogens is 382 g/mol. The van der Waals surface area contributed by atoms with E-state index in [9.17, 15) is 4.79 Å². The van der Waals surface area contributed by atoms with Gasteiger partial charge in [0, 0.05) is 78.6 Å². The van der Waals surface area contributed by atoms with Gasteiger partial charge in [0.1, 0.15) is 5.60 Å². The first-order valence-electron chi connectivity index (χ1n) is 10.9. The average Bonchev–Trinajstić information content (AvgIpc) is 3.33. The monoisotopic (exact) mass is 419 g/mol. The van der Waals surface area contributed by atoms with Crippen LogP contribution in [0.1, 0.15) is 38.7 Å². The fourth-order valence-electron chi connectivity index (χ4n) is 4.01. The van der Waals surface area contributed by atoms with Crippen LogP contribution < -0.4 is 5.32 Å². The number of piperazine rings is 1. The quantitative estimate of drug-likeness (QED) is 0.586. The number of guanidine groups is 1. The molecule has 1 N–H and O–H groups in total. The van der Waals surface area contributed by atoms with Gasteiger partial charge in [-0.25, -0.2) is 4.79 Å². The number of aromatic nitrogens is 2. The number of ether oxygens (including phenoxy) is 1. The number of amides is 1. The van der Waals surface area contributed by atoms with E-state index in [1.54, 1.807) is 4.90 Å². The van der Waals surface area contributed by atoms with Crippen molar-refractivity contribution in [2.45, 2.75) is 38.7 Å². The third-order valence-electron chi connectivity index (χ3n) is 5.63. The maximum atomic E-state index is 12.2. The Labute approximate surface area is 180 Å². The zero-order valence-corrected chi connectivity index (χ0v) is 19.1. The second-order valence-corrected chi connectivity index (χ2v) is 9.16. The lowest BCUT2D eigenvalue weighted by Gasteiger charge is -2.35. The van der Waals surface area contributed by atoms with Gasteiger partial charge in [0.05, 0.1) is 6.20 Å². The molecule has 3 rings (SSSR count). The Bertz CT molecular complexity index is 732. The highest BCUT2D eigenvalue weighted by molar-refractivity contribution is 5.80. The van der Waals surface area contributed by atoms with E-state index in [0.29, 0.717) is 19.0 Å². The van der Waals surface area contributed by atoms with Gasteiger partial charge >= 0.3 is 6.09 Å². The number of nitrogens with zero attached hydrogens (tertiary/aromatic N) is 6. The van der Waals surface area contributed by atoms with Gasteiger partial charge in [0.15, 0.2) is 5.96 Å². The van der Waals surface area contributed by atoms with Crippen LogP contribution in [0.15, 0.2) is 17.4 Å². The van der Waals surface area contributed by atoms with Crippen LogP contribution in [0.3, 0.4) is 0 Å². The van der Waals surface area contributed by atoms with E-state index in [2.05, 4.69) is 31.4 Å². The highest BCUT2D eigenvalue weighted by Gasteiger charge is 2.28. The standard InChI is InChI=1S/C21H37N7O2/c1-21(2,3)30-20(29)27-12-10-26(11-13-27)9-7-23-19(22-4)28-8-6-17(16-28)18-14-24-25(5)15-18/h14-15,17H,6-13,16H2,1-5H3,(H,22,23). The first-order valence-corrected chi connectivity index (χ1v) is 10.9. The molecule has 0 spiro atoms. The highest BCUT2D eigenvalue weighted by Crippen LogP contribution is 2.26. The lowest BCUT2D eigenvalue weighted by atomic mass is 10.0. The average molecular weight is 420 g/mol. The van der Waals surface area contributed by atoms with Crippen molar-refractivity contribution in [1.82, 2.24) is 29.8 Å². The summed E-state index contributed by atoms with van der Waals surface area (Å²) >= 11 is 0. The molecule has 30 heavy (non-hydrogen) atoms. The van der Waals surface area contributed by atoms with E-state index < -0.39 is 5.60 Å². The van der Waals surface area contributed by atoms with Gasteiger partial charge in [0.25, 0.3) is 0 Å². The number of aliphatic imine (C=N–C) groups is 1. The van der Waals surface area contributed by atoms with Gasteiger partial charge in [-0.15, -0.1) is 0 Å². The predicted molar refractivity (Wildman–Crippen MR) is 118 cm³/mol. The zero-order valence-electron chi connectivity index (χ0n) is 19.1. The van der Waals surface area contributed by atoms with Crippen LogP contribution >= 0.6 is 0 Å². The van der Waals surface area contributed by atoms with Crippen LogP contribution in [0, 0.1) is 0 Å². The van der Waals surface area contributed by atoms with E-state index in [1.807, 2.05) is 45.7 Å². The van der Waals surface area contributed by atoms with Crippen molar-refractivity contribution in [3.05, 3.63) is 18.0 Å². The van der Waals surface area contributed by atoms with E-state index in [-0.39, 0.29) is 6.09 Å². The molecule has 0 bridgehead atoms. The number of aryl methyl sites for hydroxylation is 1. The molecule has 9 nitrogen and oxygen atoms in total. The molecule has 168 valence electrons. The SMILES string of the molecule is CN=C(NCCN1CCN(C(=O)OC(C)(C)C)CC1)N1CCC(c2cnn(C)c2)C1. The molecule has 2 aliphatic heterocycles. The van der Waals surface area contributed by atoms with E-state index >= 15 is 0 Å². The Morgan fingerprint density at radius 3 is 2.57 bits per heavy atom. The molecule has 1 amide bonds. The Morgan fingerprint density at radius 2 is 1.97 bits per heavy atom. The summed E-state index contributed by atoms with van der Waals surface area (Å²) in [6.45, 7) is 12.6. The van der Waals surface area contributed by atoms with Gasteiger partial charge < -0.3 is 19.9 Å². The third kappa shape index (κ3) is 6.10. The van der Waals surface area contributed by atoms with Crippen LogP contribution in [0.5, 0.6) is 0 Å². The van der Waals surface area contributed by atoms with Crippen molar-refractivity contribution in [3.63, 3.8) is 0 Å².